The van der Waals surface area contributed by atoms with Gasteiger partial charge in [-0.3, -0.25) is 0 Å². The molecule has 2 aliphatic rings. The number of para-hydroxylation sites is 1. The molecule has 0 aliphatic carbocycles. The Balaban J connectivity index is 1.45. The fourth-order valence-electron chi connectivity index (χ4n) is 3.63. The molecule has 8 nitrogen and oxygen atoms in total. The predicted octanol–water partition coefficient (Wildman–Crippen LogP) is 2.84. The van der Waals surface area contributed by atoms with Crippen LogP contribution in [0.5, 0.6) is 5.75 Å². The van der Waals surface area contributed by atoms with Crippen LogP contribution in [0.25, 0.3) is 6.08 Å². The SMILES string of the molecule is CN1CC(Oc2ccccc2Cl)=Cc2cnc(NC3CCN(S(C)(=O)=O)CC3)nc21. The molecule has 1 N–H and O–H groups in total. The average molecular weight is 450 g/mol. The summed E-state index contributed by atoms with van der Waals surface area (Å²) in [7, 11) is -1.18. The van der Waals surface area contributed by atoms with Crippen molar-refractivity contribution in [2.75, 3.05) is 43.2 Å². The maximum atomic E-state index is 11.7. The number of sulfonamides is 1. The molecular formula is C20H24ClN5O3S. The number of ether oxygens (including phenoxy) is 1. The van der Waals surface area contributed by atoms with Crippen LogP contribution in [0, 0.1) is 0 Å². The molecule has 0 spiro atoms. The van der Waals surface area contributed by atoms with Gasteiger partial charge in [-0.1, -0.05) is 23.7 Å². The lowest BCUT2D eigenvalue weighted by molar-refractivity contribution is 0.331. The minimum absolute atomic E-state index is 0.143. The van der Waals surface area contributed by atoms with E-state index in [0.717, 1.165) is 30.0 Å². The lowest BCUT2D eigenvalue weighted by Gasteiger charge is -2.31. The number of piperidine rings is 1. The number of anilines is 2. The number of likely N-dealkylation sites (N-methyl/N-ethyl adjacent to an activating group) is 1. The van der Waals surface area contributed by atoms with Gasteiger partial charge in [0.1, 0.15) is 17.3 Å². The zero-order valence-electron chi connectivity index (χ0n) is 16.9. The Kier molecular flexibility index (Phi) is 5.86. The van der Waals surface area contributed by atoms with E-state index in [4.69, 9.17) is 16.3 Å². The highest BCUT2D eigenvalue weighted by Crippen LogP contribution is 2.30. The Hall–Kier alpha value is -2.36. The van der Waals surface area contributed by atoms with E-state index in [1.807, 2.05) is 36.2 Å². The van der Waals surface area contributed by atoms with Crippen molar-refractivity contribution in [3.05, 3.63) is 46.8 Å². The summed E-state index contributed by atoms with van der Waals surface area (Å²) in [6.45, 7) is 1.57. The van der Waals surface area contributed by atoms with Gasteiger partial charge in [-0.25, -0.2) is 17.7 Å². The summed E-state index contributed by atoms with van der Waals surface area (Å²) < 4.78 is 30.8. The quantitative estimate of drug-likeness (QED) is 0.750. The number of nitrogens with one attached hydrogen (secondary N) is 1. The molecule has 2 aromatic rings. The Morgan fingerprint density at radius 2 is 1.97 bits per heavy atom. The van der Waals surface area contributed by atoms with Crippen LogP contribution >= 0.6 is 11.6 Å². The lowest BCUT2D eigenvalue weighted by atomic mass is 10.1. The van der Waals surface area contributed by atoms with Gasteiger partial charge in [-0.05, 0) is 31.1 Å². The first kappa shape index (κ1) is 20.9. The van der Waals surface area contributed by atoms with Gasteiger partial charge in [0.05, 0.1) is 17.8 Å². The molecule has 30 heavy (non-hydrogen) atoms. The second-order valence-electron chi connectivity index (χ2n) is 7.55. The number of benzene rings is 1. The third-order valence-electron chi connectivity index (χ3n) is 5.20. The van der Waals surface area contributed by atoms with Crippen LogP contribution < -0.4 is 15.0 Å². The average Bonchev–Trinajstić information content (AvgIpc) is 2.70. The van der Waals surface area contributed by atoms with Gasteiger partial charge in [0, 0.05) is 37.9 Å². The molecule has 1 fully saturated rings. The molecule has 3 heterocycles. The molecule has 1 aromatic carbocycles. The van der Waals surface area contributed by atoms with Crippen LogP contribution in [0.2, 0.25) is 5.02 Å². The first-order valence-corrected chi connectivity index (χ1v) is 11.9. The summed E-state index contributed by atoms with van der Waals surface area (Å²) in [6, 6.07) is 7.50. The van der Waals surface area contributed by atoms with Crippen molar-refractivity contribution in [1.29, 1.82) is 0 Å². The molecule has 0 bridgehead atoms. The van der Waals surface area contributed by atoms with Gasteiger partial charge in [0.25, 0.3) is 0 Å². The second kappa shape index (κ2) is 8.41. The van der Waals surface area contributed by atoms with Crippen molar-refractivity contribution in [2.45, 2.75) is 18.9 Å². The molecule has 0 saturated carbocycles. The zero-order chi connectivity index (χ0) is 21.3. The first-order valence-electron chi connectivity index (χ1n) is 9.72. The van der Waals surface area contributed by atoms with Crippen molar-refractivity contribution in [1.82, 2.24) is 14.3 Å². The maximum absolute atomic E-state index is 11.7. The third-order valence-corrected chi connectivity index (χ3v) is 6.82. The molecule has 4 rings (SSSR count). The van der Waals surface area contributed by atoms with Crippen molar-refractivity contribution in [3.8, 4) is 5.75 Å². The van der Waals surface area contributed by atoms with Gasteiger partial charge in [0.15, 0.2) is 0 Å². The summed E-state index contributed by atoms with van der Waals surface area (Å²) in [5, 5.41) is 3.90. The lowest BCUT2D eigenvalue weighted by Crippen LogP contribution is -2.42. The molecule has 1 aromatic heterocycles. The highest BCUT2D eigenvalue weighted by Gasteiger charge is 2.26. The van der Waals surface area contributed by atoms with E-state index < -0.39 is 10.0 Å². The number of aromatic nitrogens is 2. The normalized spacial score (nSPS) is 18.0. The molecule has 1 saturated heterocycles. The zero-order valence-corrected chi connectivity index (χ0v) is 18.4. The van der Waals surface area contributed by atoms with Crippen LogP contribution in [-0.4, -0.2) is 61.7 Å². The summed E-state index contributed by atoms with van der Waals surface area (Å²) in [6.07, 6.45) is 6.38. The van der Waals surface area contributed by atoms with Crippen molar-refractivity contribution in [2.24, 2.45) is 0 Å². The van der Waals surface area contributed by atoms with E-state index in [0.29, 0.717) is 36.4 Å². The predicted molar refractivity (Wildman–Crippen MR) is 118 cm³/mol. The number of nitrogens with zero attached hydrogens (tertiary/aromatic N) is 4. The molecule has 160 valence electrons. The Morgan fingerprint density at radius 3 is 2.67 bits per heavy atom. The van der Waals surface area contributed by atoms with Crippen LogP contribution in [0.1, 0.15) is 18.4 Å². The molecular weight excluding hydrogens is 426 g/mol. The number of rotatable bonds is 5. The standard InChI is InChI=1S/C20H24ClN5O3S/c1-25-13-16(29-18-6-4-3-5-17(18)21)11-14-12-22-20(24-19(14)25)23-15-7-9-26(10-8-15)30(2,27)28/h3-6,11-12,15H,7-10,13H2,1-2H3,(H,22,23,24). The Bertz CT molecular complexity index is 1070. The minimum atomic E-state index is -3.13. The van der Waals surface area contributed by atoms with E-state index in [2.05, 4.69) is 15.3 Å². The Morgan fingerprint density at radius 1 is 1.23 bits per heavy atom. The smallest absolute Gasteiger partial charge is 0.224 e. The number of fused-ring (bicyclic) bond motifs is 1. The fourth-order valence-corrected chi connectivity index (χ4v) is 4.68. The van der Waals surface area contributed by atoms with Gasteiger partial charge in [0.2, 0.25) is 16.0 Å². The summed E-state index contributed by atoms with van der Waals surface area (Å²) in [5.41, 5.74) is 0.864. The third kappa shape index (κ3) is 4.69. The summed E-state index contributed by atoms with van der Waals surface area (Å²) in [4.78, 5) is 11.1. The molecule has 0 unspecified atom stereocenters. The van der Waals surface area contributed by atoms with Crippen molar-refractivity contribution in [3.63, 3.8) is 0 Å². The Labute approximate surface area is 181 Å². The summed E-state index contributed by atoms with van der Waals surface area (Å²) in [5.74, 6) is 2.73. The number of hydrogen-bond donors (Lipinski definition) is 1. The summed E-state index contributed by atoms with van der Waals surface area (Å²) >= 11 is 6.19. The molecule has 2 aliphatic heterocycles. The van der Waals surface area contributed by atoms with Crippen molar-refractivity contribution >= 4 is 39.5 Å². The minimum Gasteiger partial charge on any atom is -0.458 e. The van der Waals surface area contributed by atoms with Crippen LogP contribution in [-0.2, 0) is 10.0 Å². The largest absolute Gasteiger partial charge is 0.458 e. The number of hydrogen-bond acceptors (Lipinski definition) is 7. The molecule has 10 heteroatoms. The maximum Gasteiger partial charge on any atom is 0.224 e. The van der Waals surface area contributed by atoms with E-state index in [-0.39, 0.29) is 6.04 Å². The molecule has 0 atom stereocenters. The highest BCUT2D eigenvalue weighted by atomic mass is 35.5. The van der Waals surface area contributed by atoms with Crippen molar-refractivity contribution < 1.29 is 13.2 Å². The van der Waals surface area contributed by atoms with E-state index >= 15 is 0 Å². The highest BCUT2D eigenvalue weighted by molar-refractivity contribution is 7.88. The van der Waals surface area contributed by atoms with Crippen LogP contribution in [0.15, 0.2) is 36.2 Å². The van der Waals surface area contributed by atoms with Crippen LogP contribution in [0.3, 0.4) is 0 Å². The first-order chi connectivity index (χ1) is 14.3. The topological polar surface area (TPSA) is 87.7 Å². The van der Waals surface area contributed by atoms with Gasteiger partial charge in [-0.2, -0.15) is 4.98 Å². The van der Waals surface area contributed by atoms with Gasteiger partial charge >= 0.3 is 0 Å². The van der Waals surface area contributed by atoms with Gasteiger partial charge < -0.3 is 15.0 Å². The second-order valence-corrected chi connectivity index (χ2v) is 9.94. The molecule has 0 amide bonds. The van der Waals surface area contributed by atoms with E-state index in [1.165, 1.54) is 10.6 Å². The fraction of sp³-hybridized carbons (Fsp3) is 0.400. The monoisotopic (exact) mass is 449 g/mol. The number of halogens is 1. The van der Waals surface area contributed by atoms with E-state index in [1.54, 1.807) is 12.3 Å². The van der Waals surface area contributed by atoms with Gasteiger partial charge in [-0.15, -0.1) is 0 Å². The molecule has 0 radical (unpaired) electrons. The van der Waals surface area contributed by atoms with E-state index in [9.17, 15) is 8.42 Å². The van der Waals surface area contributed by atoms with Crippen LogP contribution in [0.4, 0.5) is 11.8 Å².